The minimum atomic E-state index is -0.442. The molecule has 0 aliphatic heterocycles. The lowest BCUT2D eigenvalue weighted by Gasteiger charge is -2.07. The van der Waals surface area contributed by atoms with Crippen molar-refractivity contribution in [2.75, 3.05) is 5.32 Å². The van der Waals surface area contributed by atoms with Gasteiger partial charge in [-0.15, -0.1) is 0 Å². The second-order valence-corrected chi connectivity index (χ2v) is 3.65. The van der Waals surface area contributed by atoms with Crippen LogP contribution in [-0.4, -0.2) is 9.97 Å². The van der Waals surface area contributed by atoms with Crippen LogP contribution in [0.3, 0.4) is 0 Å². The van der Waals surface area contributed by atoms with Crippen LogP contribution in [0, 0.1) is 12.7 Å². The molecule has 2 rings (SSSR count). The van der Waals surface area contributed by atoms with Gasteiger partial charge in [-0.2, -0.15) is 0 Å². The largest absolute Gasteiger partial charge is 0.339 e. The molecule has 16 heavy (non-hydrogen) atoms. The van der Waals surface area contributed by atoms with Crippen LogP contribution in [0.1, 0.15) is 5.69 Å². The average molecular weight is 238 g/mol. The molecule has 0 aliphatic rings. The third-order valence-corrected chi connectivity index (χ3v) is 2.35. The first-order valence-corrected chi connectivity index (χ1v) is 5.04. The zero-order valence-corrected chi connectivity index (χ0v) is 9.29. The van der Waals surface area contributed by atoms with Crippen LogP contribution in [0.4, 0.5) is 15.9 Å². The van der Waals surface area contributed by atoms with E-state index in [1.807, 2.05) is 6.92 Å². The van der Waals surface area contributed by atoms with Crippen LogP contribution in [0.15, 0.2) is 30.6 Å². The van der Waals surface area contributed by atoms with Crippen molar-refractivity contribution >= 4 is 23.1 Å². The van der Waals surface area contributed by atoms with E-state index in [9.17, 15) is 4.39 Å². The zero-order valence-electron chi connectivity index (χ0n) is 8.54. The summed E-state index contributed by atoms with van der Waals surface area (Å²) < 4.78 is 12.9. The normalized spacial score (nSPS) is 10.2. The SMILES string of the molecule is Cc1nccnc1Nc1ccc(F)c(Cl)c1. The van der Waals surface area contributed by atoms with Gasteiger partial charge in [0.1, 0.15) is 5.82 Å². The molecule has 1 aromatic carbocycles. The van der Waals surface area contributed by atoms with Gasteiger partial charge in [0.15, 0.2) is 5.82 Å². The number of aryl methyl sites for hydroxylation is 1. The fourth-order valence-electron chi connectivity index (χ4n) is 1.24. The molecule has 0 bridgehead atoms. The summed E-state index contributed by atoms with van der Waals surface area (Å²) in [7, 11) is 0. The van der Waals surface area contributed by atoms with Crippen molar-refractivity contribution in [2.45, 2.75) is 6.92 Å². The van der Waals surface area contributed by atoms with Crippen LogP contribution in [0.2, 0.25) is 5.02 Å². The lowest BCUT2D eigenvalue weighted by Crippen LogP contribution is -1.97. The first kappa shape index (κ1) is 10.8. The molecular formula is C11H9ClFN3. The Hall–Kier alpha value is -1.68. The Bertz CT molecular complexity index is 516. The second kappa shape index (κ2) is 4.45. The number of anilines is 2. The van der Waals surface area contributed by atoms with Crippen LogP contribution in [0.5, 0.6) is 0 Å². The number of nitrogens with zero attached hydrogens (tertiary/aromatic N) is 2. The van der Waals surface area contributed by atoms with Crippen LogP contribution >= 0.6 is 11.6 Å². The molecule has 5 heteroatoms. The predicted octanol–water partition coefficient (Wildman–Crippen LogP) is 3.32. The smallest absolute Gasteiger partial charge is 0.151 e. The first-order valence-electron chi connectivity index (χ1n) is 4.66. The summed E-state index contributed by atoms with van der Waals surface area (Å²) in [4.78, 5) is 8.20. The lowest BCUT2D eigenvalue weighted by molar-refractivity contribution is 0.628. The number of halogens is 2. The summed E-state index contributed by atoms with van der Waals surface area (Å²) in [6.07, 6.45) is 3.19. The molecule has 0 amide bonds. The zero-order chi connectivity index (χ0) is 11.5. The van der Waals surface area contributed by atoms with Crippen molar-refractivity contribution < 1.29 is 4.39 Å². The number of nitrogens with one attached hydrogen (secondary N) is 1. The molecule has 0 saturated heterocycles. The van der Waals surface area contributed by atoms with E-state index in [2.05, 4.69) is 15.3 Å². The maximum Gasteiger partial charge on any atom is 0.151 e. The summed E-state index contributed by atoms with van der Waals surface area (Å²) in [6, 6.07) is 4.40. The van der Waals surface area contributed by atoms with Gasteiger partial charge >= 0.3 is 0 Å². The molecule has 82 valence electrons. The monoisotopic (exact) mass is 237 g/mol. The molecule has 0 fully saturated rings. The maximum atomic E-state index is 12.9. The number of benzene rings is 1. The van der Waals surface area contributed by atoms with E-state index in [1.165, 1.54) is 12.1 Å². The molecule has 1 aromatic heterocycles. The highest BCUT2D eigenvalue weighted by molar-refractivity contribution is 6.31. The van der Waals surface area contributed by atoms with Gasteiger partial charge in [-0.25, -0.2) is 9.37 Å². The average Bonchev–Trinajstić information content (AvgIpc) is 2.27. The van der Waals surface area contributed by atoms with Gasteiger partial charge in [-0.3, -0.25) is 4.98 Å². The number of rotatable bonds is 2. The third kappa shape index (κ3) is 2.28. The summed E-state index contributed by atoms with van der Waals surface area (Å²) in [5.74, 6) is 0.188. The molecule has 0 unspecified atom stereocenters. The van der Waals surface area contributed by atoms with Crippen molar-refractivity contribution in [2.24, 2.45) is 0 Å². The molecule has 0 radical (unpaired) electrons. The quantitative estimate of drug-likeness (QED) is 0.871. The van der Waals surface area contributed by atoms with Crippen molar-refractivity contribution in [3.63, 3.8) is 0 Å². The predicted molar refractivity (Wildman–Crippen MR) is 61.5 cm³/mol. The fourth-order valence-corrected chi connectivity index (χ4v) is 1.42. The topological polar surface area (TPSA) is 37.8 Å². The Kier molecular flexibility index (Phi) is 3.01. The Morgan fingerprint density at radius 3 is 2.69 bits per heavy atom. The minimum absolute atomic E-state index is 0.0755. The van der Waals surface area contributed by atoms with Gasteiger partial charge in [0.2, 0.25) is 0 Å². The maximum absolute atomic E-state index is 12.9. The van der Waals surface area contributed by atoms with E-state index in [1.54, 1.807) is 18.5 Å². The second-order valence-electron chi connectivity index (χ2n) is 3.24. The Morgan fingerprint density at radius 1 is 1.25 bits per heavy atom. The molecular weight excluding hydrogens is 229 g/mol. The molecule has 1 heterocycles. The number of hydrogen-bond donors (Lipinski definition) is 1. The fraction of sp³-hybridized carbons (Fsp3) is 0.0909. The standard InChI is InChI=1S/C11H9ClFN3/c1-7-11(15-5-4-14-7)16-8-2-3-10(13)9(12)6-8/h2-6H,1H3,(H,15,16). The first-order chi connectivity index (χ1) is 7.66. The highest BCUT2D eigenvalue weighted by atomic mass is 35.5. The van der Waals surface area contributed by atoms with E-state index < -0.39 is 5.82 Å². The van der Waals surface area contributed by atoms with E-state index in [0.29, 0.717) is 11.5 Å². The van der Waals surface area contributed by atoms with Gasteiger partial charge < -0.3 is 5.32 Å². The number of hydrogen-bond acceptors (Lipinski definition) is 3. The minimum Gasteiger partial charge on any atom is -0.339 e. The highest BCUT2D eigenvalue weighted by Crippen LogP contribution is 2.22. The molecule has 0 spiro atoms. The van der Waals surface area contributed by atoms with Crippen molar-refractivity contribution in [3.05, 3.63) is 47.1 Å². The summed E-state index contributed by atoms with van der Waals surface area (Å²) >= 11 is 5.67. The highest BCUT2D eigenvalue weighted by Gasteiger charge is 2.03. The van der Waals surface area contributed by atoms with Crippen molar-refractivity contribution in [3.8, 4) is 0 Å². The van der Waals surface area contributed by atoms with Gasteiger partial charge in [-0.1, -0.05) is 11.6 Å². The van der Waals surface area contributed by atoms with Gasteiger partial charge in [0, 0.05) is 18.1 Å². The molecule has 0 atom stereocenters. The molecule has 0 saturated carbocycles. The van der Waals surface area contributed by atoms with E-state index in [-0.39, 0.29) is 5.02 Å². The van der Waals surface area contributed by atoms with E-state index >= 15 is 0 Å². The summed E-state index contributed by atoms with van der Waals surface area (Å²) in [5, 5.41) is 3.09. The van der Waals surface area contributed by atoms with Crippen LogP contribution in [0.25, 0.3) is 0 Å². The Morgan fingerprint density at radius 2 is 2.00 bits per heavy atom. The third-order valence-electron chi connectivity index (χ3n) is 2.06. The molecule has 0 aliphatic carbocycles. The van der Waals surface area contributed by atoms with Gasteiger partial charge in [0.25, 0.3) is 0 Å². The summed E-state index contributed by atoms with van der Waals surface area (Å²) in [6.45, 7) is 1.83. The molecule has 1 N–H and O–H groups in total. The Labute approximate surface area is 97.3 Å². The van der Waals surface area contributed by atoms with Crippen molar-refractivity contribution in [1.82, 2.24) is 9.97 Å². The summed E-state index contributed by atoms with van der Waals surface area (Å²) in [5.41, 5.74) is 1.44. The van der Waals surface area contributed by atoms with Crippen LogP contribution < -0.4 is 5.32 Å². The number of aromatic nitrogens is 2. The van der Waals surface area contributed by atoms with E-state index in [0.717, 1.165) is 5.69 Å². The van der Waals surface area contributed by atoms with Crippen molar-refractivity contribution in [1.29, 1.82) is 0 Å². The van der Waals surface area contributed by atoms with Gasteiger partial charge in [-0.05, 0) is 25.1 Å². The lowest BCUT2D eigenvalue weighted by atomic mass is 10.3. The molecule has 3 nitrogen and oxygen atoms in total. The Balaban J connectivity index is 2.28. The van der Waals surface area contributed by atoms with E-state index in [4.69, 9.17) is 11.6 Å². The molecule has 2 aromatic rings. The van der Waals surface area contributed by atoms with Gasteiger partial charge in [0.05, 0.1) is 10.7 Å². The van der Waals surface area contributed by atoms with Crippen LogP contribution in [-0.2, 0) is 0 Å².